The van der Waals surface area contributed by atoms with Gasteiger partial charge in [-0.1, -0.05) is 6.07 Å². The van der Waals surface area contributed by atoms with E-state index in [0.29, 0.717) is 11.3 Å². The molecule has 0 aliphatic rings. The zero-order chi connectivity index (χ0) is 14.7. The molecule has 2 N–H and O–H groups in total. The fourth-order valence-electron chi connectivity index (χ4n) is 1.64. The van der Waals surface area contributed by atoms with E-state index >= 15 is 0 Å². The lowest BCUT2D eigenvalue weighted by molar-refractivity contribution is 0.0827. The molecule has 7 nitrogen and oxygen atoms in total. The standard InChI is InChI=1S/C13H15N5O2/c1-8-4-5-9(13(20)18(2)3)6-10(8)16-12(19)11-14-7-15-17-11/h4-7H,1-3H3,(H,16,19)(H,14,15,17). The molecule has 7 heteroatoms. The van der Waals surface area contributed by atoms with Crippen molar-refractivity contribution in [2.75, 3.05) is 19.4 Å². The highest BCUT2D eigenvalue weighted by Crippen LogP contribution is 2.18. The van der Waals surface area contributed by atoms with Crippen LogP contribution in [0.1, 0.15) is 26.5 Å². The molecule has 1 aromatic heterocycles. The van der Waals surface area contributed by atoms with E-state index in [-0.39, 0.29) is 11.7 Å². The van der Waals surface area contributed by atoms with Crippen molar-refractivity contribution >= 4 is 17.5 Å². The van der Waals surface area contributed by atoms with E-state index in [2.05, 4.69) is 20.5 Å². The van der Waals surface area contributed by atoms with Crippen molar-refractivity contribution in [3.63, 3.8) is 0 Å². The number of hydrogen-bond donors (Lipinski definition) is 2. The molecule has 0 spiro atoms. The summed E-state index contributed by atoms with van der Waals surface area (Å²) in [6.45, 7) is 1.85. The van der Waals surface area contributed by atoms with Gasteiger partial charge in [-0.05, 0) is 24.6 Å². The van der Waals surface area contributed by atoms with Crippen molar-refractivity contribution in [2.45, 2.75) is 6.92 Å². The van der Waals surface area contributed by atoms with Crippen LogP contribution in [-0.2, 0) is 0 Å². The summed E-state index contributed by atoms with van der Waals surface area (Å²) in [5, 5.41) is 8.81. The van der Waals surface area contributed by atoms with Crippen molar-refractivity contribution in [3.05, 3.63) is 41.5 Å². The molecule has 0 aliphatic heterocycles. The topological polar surface area (TPSA) is 91.0 Å². The number of H-pyrrole nitrogens is 1. The van der Waals surface area contributed by atoms with Crippen LogP contribution in [-0.4, -0.2) is 46.0 Å². The van der Waals surface area contributed by atoms with Crippen molar-refractivity contribution in [3.8, 4) is 0 Å². The van der Waals surface area contributed by atoms with Crippen LogP contribution in [0, 0.1) is 6.92 Å². The molecule has 0 saturated heterocycles. The lowest BCUT2D eigenvalue weighted by Crippen LogP contribution is -2.22. The number of nitrogens with one attached hydrogen (secondary N) is 2. The first-order chi connectivity index (χ1) is 9.49. The summed E-state index contributed by atoms with van der Waals surface area (Å²) in [6.07, 6.45) is 1.26. The predicted molar refractivity (Wildman–Crippen MR) is 73.5 cm³/mol. The summed E-state index contributed by atoms with van der Waals surface area (Å²) in [4.78, 5) is 29.1. The van der Waals surface area contributed by atoms with Gasteiger partial charge in [-0.15, -0.1) is 0 Å². The van der Waals surface area contributed by atoms with Crippen molar-refractivity contribution in [1.82, 2.24) is 20.1 Å². The Hall–Kier alpha value is -2.70. The molecular formula is C13H15N5O2. The molecule has 0 bridgehead atoms. The Morgan fingerprint density at radius 1 is 1.30 bits per heavy atom. The largest absolute Gasteiger partial charge is 0.345 e. The average Bonchev–Trinajstić information content (AvgIpc) is 2.94. The molecule has 0 radical (unpaired) electrons. The minimum atomic E-state index is -0.403. The number of aryl methyl sites for hydroxylation is 1. The van der Waals surface area contributed by atoms with Crippen molar-refractivity contribution < 1.29 is 9.59 Å². The van der Waals surface area contributed by atoms with Crippen molar-refractivity contribution in [1.29, 1.82) is 0 Å². The fraction of sp³-hybridized carbons (Fsp3) is 0.231. The number of aromatic amines is 1. The Morgan fingerprint density at radius 3 is 2.65 bits per heavy atom. The van der Waals surface area contributed by atoms with E-state index in [4.69, 9.17) is 0 Å². The van der Waals surface area contributed by atoms with Gasteiger partial charge in [-0.25, -0.2) is 4.98 Å². The van der Waals surface area contributed by atoms with Crippen molar-refractivity contribution in [2.24, 2.45) is 0 Å². The number of hydrogen-bond acceptors (Lipinski definition) is 4. The number of anilines is 1. The summed E-state index contributed by atoms with van der Waals surface area (Å²) in [5.74, 6) is -0.408. The second-order valence-corrected chi connectivity index (χ2v) is 4.52. The normalized spacial score (nSPS) is 10.2. The van der Waals surface area contributed by atoms with E-state index < -0.39 is 5.91 Å². The number of amides is 2. The number of rotatable bonds is 3. The third kappa shape index (κ3) is 2.82. The number of aromatic nitrogens is 3. The van der Waals surface area contributed by atoms with E-state index in [9.17, 15) is 9.59 Å². The van der Waals surface area contributed by atoms with E-state index in [1.165, 1.54) is 11.2 Å². The maximum atomic E-state index is 11.9. The summed E-state index contributed by atoms with van der Waals surface area (Å²) >= 11 is 0. The highest BCUT2D eigenvalue weighted by molar-refractivity contribution is 6.03. The summed E-state index contributed by atoms with van der Waals surface area (Å²) in [5.41, 5.74) is 1.93. The van der Waals surface area contributed by atoms with E-state index in [1.54, 1.807) is 32.3 Å². The number of carbonyl (C=O) groups is 2. The Morgan fingerprint density at radius 2 is 2.05 bits per heavy atom. The lowest BCUT2D eigenvalue weighted by Gasteiger charge is -2.13. The van der Waals surface area contributed by atoms with Gasteiger partial charge in [0.05, 0.1) is 0 Å². The Bertz CT molecular complexity index is 634. The van der Waals surface area contributed by atoms with Gasteiger partial charge < -0.3 is 10.2 Å². The first-order valence-electron chi connectivity index (χ1n) is 5.98. The Balaban J connectivity index is 2.25. The molecule has 20 heavy (non-hydrogen) atoms. The van der Waals surface area contributed by atoms with Gasteiger partial charge in [0.2, 0.25) is 5.82 Å². The molecule has 104 valence electrons. The third-order valence-electron chi connectivity index (χ3n) is 2.77. The highest BCUT2D eigenvalue weighted by atomic mass is 16.2. The molecule has 0 aliphatic carbocycles. The number of benzene rings is 1. The van der Waals surface area contributed by atoms with Crippen LogP contribution in [0.2, 0.25) is 0 Å². The average molecular weight is 273 g/mol. The monoisotopic (exact) mass is 273 g/mol. The van der Waals surface area contributed by atoms with Gasteiger partial charge in [0.1, 0.15) is 6.33 Å². The minimum absolute atomic E-state index is 0.119. The van der Waals surface area contributed by atoms with Crippen LogP contribution in [0.25, 0.3) is 0 Å². The lowest BCUT2D eigenvalue weighted by atomic mass is 10.1. The number of carbonyl (C=O) groups excluding carboxylic acids is 2. The Labute approximate surface area is 116 Å². The predicted octanol–water partition coefficient (Wildman–Crippen LogP) is 1.07. The zero-order valence-corrected chi connectivity index (χ0v) is 11.5. The Kier molecular flexibility index (Phi) is 3.79. The zero-order valence-electron chi connectivity index (χ0n) is 11.5. The molecule has 2 rings (SSSR count). The van der Waals surface area contributed by atoms with E-state index in [1.807, 2.05) is 6.92 Å². The summed E-state index contributed by atoms with van der Waals surface area (Å²) in [6, 6.07) is 5.15. The quantitative estimate of drug-likeness (QED) is 0.875. The van der Waals surface area contributed by atoms with Gasteiger partial charge in [-0.2, -0.15) is 5.10 Å². The minimum Gasteiger partial charge on any atom is -0.345 e. The SMILES string of the molecule is Cc1ccc(C(=O)N(C)C)cc1NC(=O)c1ncn[nH]1. The molecule has 0 fully saturated rings. The maximum absolute atomic E-state index is 11.9. The van der Waals surface area contributed by atoms with Crippen LogP contribution < -0.4 is 5.32 Å². The summed E-state index contributed by atoms with van der Waals surface area (Å²) in [7, 11) is 3.35. The first-order valence-corrected chi connectivity index (χ1v) is 5.98. The molecule has 0 atom stereocenters. The molecule has 0 saturated carbocycles. The first kappa shape index (κ1) is 13.7. The maximum Gasteiger partial charge on any atom is 0.292 e. The number of nitrogens with zero attached hydrogens (tertiary/aromatic N) is 3. The van der Waals surface area contributed by atoms with Crippen LogP contribution in [0.5, 0.6) is 0 Å². The van der Waals surface area contributed by atoms with Crippen LogP contribution in [0.4, 0.5) is 5.69 Å². The molecule has 2 aromatic rings. The molecule has 1 heterocycles. The summed E-state index contributed by atoms with van der Waals surface area (Å²) < 4.78 is 0. The van der Waals surface area contributed by atoms with Gasteiger partial charge in [0, 0.05) is 25.3 Å². The molecule has 0 unspecified atom stereocenters. The molecule has 2 amide bonds. The molecular weight excluding hydrogens is 258 g/mol. The fourth-order valence-corrected chi connectivity index (χ4v) is 1.64. The van der Waals surface area contributed by atoms with Gasteiger partial charge >= 0.3 is 0 Å². The molecule has 1 aromatic carbocycles. The van der Waals surface area contributed by atoms with Gasteiger partial charge in [-0.3, -0.25) is 14.7 Å². The smallest absolute Gasteiger partial charge is 0.292 e. The van der Waals surface area contributed by atoms with Gasteiger partial charge in [0.25, 0.3) is 11.8 Å². The van der Waals surface area contributed by atoms with Crippen LogP contribution in [0.15, 0.2) is 24.5 Å². The van der Waals surface area contributed by atoms with Crippen LogP contribution in [0.3, 0.4) is 0 Å². The highest BCUT2D eigenvalue weighted by Gasteiger charge is 2.13. The third-order valence-corrected chi connectivity index (χ3v) is 2.77. The van der Waals surface area contributed by atoms with Gasteiger partial charge in [0.15, 0.2) is 0 Å². The second kappa shape index (κ2) is 5.52. The second-order valence-electron chi connectivity index (χ2n) is 4.52. The van der Waals surface area contributed by atoms with Crippen LogP contribution >= 0.6 is 0 Å². The van der Waals surface area contributed by atoms with E-state index in [0.717, 1.165) is 5.56 Å².